The quantitative estimate of drug-likeness (QED) is 0.588. The van der Waals surface area contributed by atoms with Gasteiger partial charge in [0.05, 0.1) is 0 Å². The molecule has 1 amide bonds. The first kappa shape index (κ1) is 18.7. The van der Waals surface area contributed by atoms with Gasteiger partial charge in [0.25, 0.3) is 5.91 Å². The number of para-hydroxylation sites is 1. The molecule has 0 heterocycles. The molecule has 6 heteroatoms. The molecule has 0 saturated heterocycles. The maximum absolute atomic E-state index is 12.2. The average molecular weight is 392 g/mol. The van der Waals surface area contributed by atoms with E-state index in [1.54, 1.807) is 6.92 Å². The summed E-state index contributed by atoms with van der Waals surface area (Å²) in [7, 11) is 0. The van der Waals surface area contributed by atoms with Gasteiger partial charge in [-0.1, -0.05) is 48.5 Å². The molecule has 1 atom stereocenters. The Labute approximate surface area is 162 Å². The third kappa shape index (κ3) is 4.02. The Kier molecular flexibility index (Phi) is 5.26. The SMILES string of the molecule is CC1(C(=O)OCC(=O)Nc2ccccc2Cc2ccccc2)CC1(Cl)Cl. The molecule has 0 aromatic heterocycles. The fourth-order valence-corrected chi connectivity index (χ4v) is 3.40. The van der Waals surface area contributed by atoms with Crippen LogP contribution in [0.25, 0.3) is 0 Å². The molecule has 2 aromatic rings. The Morgan fingerprint density at radius 3 is 2.35 bits per heavy atom. The number of hydrogen-bond donors (Lipinski definition) is 1. The molecule has 0 bridgehead atoms. The van der Waals surface area contributed by atoms with E-state index in [1.807, 2.05) is 54.6 Å². The highest BCUT2D eigenvalue weighted by atomic mass is 35.5. The zero-order chi connectivity index (χ0) is 18.8. The van der Waals surface area contributed by atoms with E-state index < -0.39 is 21.6 Å². The van der Waals surface area contributed by atoms with Crippen LogP contribution >= 0.6 is 23.2 Å². The zero-order valence-electron chi connectivity index (χ0n) is 14.3. The number of esters is 1. The van der Waals surface area contributed by atoms with E-state index in [1.165, 1.54) is 0 Å². The largest absolute Gasteiger partial charge is 0.455 e. The van der Waals surface area contributed by atoms with Crippen LogP contribution < -0.4 is 5.32 Å². The molecule has 3 rings (SSSR count). The first-order valence-electron chi connectivity index (χ1n) is 8.28. The molecule has 0 aliphatic heterocycles. The van der Waals surface area contributed by atoms with E-state index in [4.69, 9.17) is 27.9 Å². The smallest absolute Gasteiger partial charge is 0.315 e. The summed E-state index contributed by atoms with van der Waals surface area (Å²) in [6.07, 6.45) is 1.01. The molecule has 1 aliphatic carbocycles. The lowest BCUT2D eigenvalue weighted by molar-refractivity contribution is -0.152. The van der Waals surface area contributed by atoms with Crippen LogP contribution in [0.4, 0.5) is 5.69 Å². The van der Waals surface area contributed by atoms with Gasteiger partial charge in [-0.15, -0.1) is 23.2 Å². The molecular weight excluding hydrogens is 373 g/mol. The van der Waals surface area contributed by atoms with Crippen molar-refractivity contribution in [2.45, 2.75) is 24.1 Å². The minimum atomic E-state index is -1.11. The molecule has 1 N–H and O–H groups in total. The van der Waals surface area contributed by atoms with E-state index in [0.717, 1.165) is 11.1 Å². The van der Waals surface area contributed by atoms with Crippen LogP contribution in [0.1, 0.15) is 24.5 Å². The molecule has 1 saturated carbocycles. The minimum absolute atomic E-state index is 0.323. The van der Waals surface area contributed by atoms with Crippen molar-refractivity contribution < 1.29 is 14.3 Å². The number of ether oxygens (including phenoxy) is 1. The number of benzene rings is 2. The lowest BCUT2D eigenvalue weighted by Crippen LogP contribution is -2.27. The van der Waals surface area contributed by atoms with E-state index >= 15 is 0 Å². The van der Waals surface area contributed by atoms with E-state index in [-0.39, 0.29) is 6.61 Å². The van der Waals surface area contributed by atoms with Crippen molar-refractivity contribution in [1.82, 2.24) is 0 Å². The maximum atomic E-state index is 12.2. The highest BCUT2D eigenvalue weighted by Gasteiger charge is 2.69. The molecule has 1 aliphatic rings. The van der Waals surface area contributed by atoms with Crippen molar-refractivity contribution in [2.75, 3.05) is 11.9 Å². The van der Waals surface area contributed by atoms with Crippen LogP contribution in [0.15, 0.2) is 54.6 Å². The second-order valence-electron chi connectivity index (χ2n) is 6.66. The van der Waals surface area contributed by atoms with Gasteiger partial charge in [-0.05, 0) is 30.5 Å². The number of halogens is 2. The fraction of sp³-hybridized carbons (Fsp3) is 0.300. The van der Waals surface area contributed by atoms with Crippen molar-refractivity contribution in [3.63, 3.8) is 0 Å². The van der Waals surface area contributed by atoms with Gasteiger partial charge in [0.15, 0.2) is 6.61 Å². The molecule has 0 spiro atoms. The fourth-order valence-electron chi connectivity index (χ4n) is 2.71. The van der Waals surface area contributed by atoms with Gasteiger partial charge in [0, 0.05) is 12.1 Å². The molecule has 0 radical (unpaired) electrons. The minimum Gasteiger partial charge on any atom is -0.455 e. The van der Waals surface area contributed by atoms with Gasteiger partial charge >= 0.3 is 5.97 Å². The predicted octanol–water partition coefficient (Wildman–Crippen LogP) is 4.34. The summed E-state index contributed by atoms with van der Waals surface area (Å²) in [6.45, 7) is 1.25. The van der Waals surface area contributed by atoms with E-state index in [2.05, 4.69) is 5.32 Å². The van der Waals surface area contributed by atoms with Crippen LogP contribution in [-0.4, -0.2) is 22.8 Å². The van der Waals surface area contributed by atoms with Gasteiger partial charge in [0.2, 0.25) is 0 Å². The first-order chi connectivity index (χ1) is 12.3. The van der Waals surface area contributed by atoms with Crippen molar-refractivity contribution >= 4 is 40.8 Å². The molecule has 1 unspecified atom stereocenters. The summed E-state index contributed by atoms with van der Waals surface area (Å²) in [4.78, 5) is 24.2. The van der Waals surface area contributed by atoms with Crippen molar-refractivity contribution in [3.8, 4) is 0 Å². The number of hydrogen-bond acceptors (Lipinski definition) is 3. The molecule has 2 aromatic carbocycles. The number of alkyl halides is 2. The van der Waals surface area contributed by atoms with Crippen LogP contribution in [0, 0.1) is 5.41 Å². The Hall–Kier alpha value is -2.04. The van der Waals surface area contributed by atoms with Crippen LogP contribution in [0.5, 0.6) is 0 Å². The summed E-state index contributed by atoms with van der Waals surface area (Å²) in [5, 5.41) is 2.80. The monoisotopic (exact) mass is 391 g/mol. The molecule has 1 fully saturated rings. The Bertz CT molecular complexity index is 823. The van der Waals surface area contributed by atoms with Gasteiger partial charge in [-0.3, -0.25) is 9.59 Å². The maximum Gasteiger partial charge on any atom is 0.315 e. The highest BCUT2D eigenvalue weighted by molar-refractivity contribution is 6.53. The second kappa shape index (κ2) is 7.29. The number of carbonyl (C=O) groups is 2. The van der Waals surface area contributed by atoms with Gasteiger partial charge in [0.1, 0.15) is 9.75 Å². The van der Waals surface area contributed by atoms with Crippen LogP contribution in [-0.2, 0) is 20.7 Å². The Morgan fingerprint density at radius 2 is 1.69 bits per heavy atom. The Balaban J connectivity index is 1.59. The van der Waals surface area contributed by atoms with Crippen molar-refractivity contribution in [1.29, 1.82) is 0 Å². The summed E-state index contributed by atoms with van der Waals surface area (Å²) < 4.78 is 3.97. The summed E-state index contributed by atoms with van der Waals surface area (Å²) in [6, 6.07) is 17.5. The van der Waals surface area contributed by atoms with E-state index in [0.29, 0.717) is 18.5 Å². The van der Waals surface area contributed by atoms with Gasteiger partial charge in [-0.25, -0.2) is 0 Å². The number of carbonyl (C=O) groups excluding carboxylic acids is 2. The van der Waals surface area contributed by atoms with Crippen LogP contribution in [0.3, 0.4) is 0 Å². The number of amides is 1. The Morgan fingerprint density at radius 1 is 1.08 bits per heavy atom. The highest BCUT2D eigenvalue weighted by Crippen LogP contribution is 2.64. The normalized spacial score (nSPS) is 20.3. The predicted molar refractivity (Wildman–Crippen MR) is 102 cm³/mol. The molecule has 136 valence electrons. The average Bonchev–Trinajstić information content (AvgIpc) is 3.15. The number of nitrogens with one attached hydrogen (secondary N) is 1. The lowest BCUT2D eigenvalue weighted by Gasteiger charge is -2.13. The van der Waals surface area contributed by atoms with Gasteiger partial charge in [-0.2, -0.15) is 0 Å². The molecule has 4 nitrogen and oxygen atoms in total. The zero-order valence-corrected chi connectivity index (χ0v) is 15.8. The van der Waals surface area contributed by atoms with Gasteiger partial charge < -0.3 is 10.1 Å². The lowest BCUT2D eigenvalue weighted by atomic mass is 10.0. The van der Waals surface area contributed by atoms with Crippen LogP contribution in [0.2, 0.25) is 0 Å². The third-order valence-electron chi connectivity index (χ3n) is 4.57. The first-order valence-corrected chi connectivity index (χ1v) is 9.04. The third-order valence-corrected chi connectivity index (χ3v) is 5.67. The standard InChI is InChI=1S/C20H19Cl2NO3/c1-19(13-20(19,21)22)18(25)26-12-17(24)23-16-10-6-5-9-15(16)11-14-7-3-2-4-8-14/h2-10H,11-13H2,1H3,(H,23,24). The molecule has 26 heavy (non-hydrogen) atoms. The van der Waals surface area contributed by atoms with Crippen molar-refractivity contribution in [3.05, 3.63) is 65.7 Å². The topological polar surface area (TPSA) is 55.4 Å². The number of rotatable bonds is 6. The number of anilines is 1. The van der Waals surface area contributed by atoms with E-state index in [9.17, 15) is 9.59 Å². The van der Waals surface area contributed by atoms with Crippen molar-refractivity contribution in [2.24, 2.45) is 5.41 Å². The molecular formula is C20H19Cl2NO3. The summed E-state index contributed by atoms with van der Waals surface area (Å²) in [5.74, 6) is -0.965. The summed E-state index contributed by atoms with van der Waals surface area (Å²) >= 11 is 11.9. The second-order valence-corrected chi connectivity index (χ2v) is 8.14. The summed E-state index contributed by atoms with van der Waals surface area (Å²) in [5.41, 5.74) is 1.87.